The lowest BCUT2D eigenvalue weighted by molar-refractivity contribution is -0.125. The number of nitrogens with zero attached hydrogens (tertiary/aromatic N) is 1. The monoisotopic (exact) mass is 318 g/mol. The van der Waals surface area contributed by atoms with Gasteiger partial charge in [0.25, 0.3) is 5.91 Å². The first-order valence-electron chi connectivity index (χ1n) is 7.64. The van der Waals surface area contributed by atoms with Crippen LogP contribution in [0.25, 0.3) is 0 Å². The summed E-state index contributed by atoms with van der Waals surface area (Å²) in [6.45, 7) is -0.287. The summed E-state index contributed by atoms with van der Waals surface area (Å²) in [7, 11) is 0. The fourth-order valence-corrected chi connectivity index (χ4v) is 3.00. The van der Waals surface area contributed by atoms with Gasteiger partial charge in [-0.3, -0.25) is 14.5 Å². The molecule has 122 valence electrons. The molecule has 0 radical (unpaired) electrons. The number of nitrogens with one attached hydrogen (secondary N) is 1. The molecule has 1 aromatic rings. The molecule has 1 fully saturated rings. The average molecular weight is 318 g/mol. The molecular formula is C16H18N2O5. The molecule has 0 spiro atoms. The maximum absolute atomic E-state index is 12.2. The van der Waals surface area contributed by atoms with Crippen LogP contribution in [0.4, 0.5) is 5.69 Å². The van der Waals surface area contributed by atoms with Crippen molar-refractivity contribution in [1.29, 1.82) is 0 Å². The Morgan fingerprint density at radius 1 is 1.30 bits per heavy atom. The number of hydrogen-bond acceptors (Lipinski definition) is 4. The number of hydrogen-bond donors (Lipinski definition) is 2. The summed E-state index contributed by atoms with van der Waals surface area (Å²) in [6.07, 6.45) is 4.17. The SMILES string of the molecule is O=C(CN1C(=O)COc2cc(C(=O)O)ccc21)NC1CCCC1. The van der Waals surface area contributed by atoms with E-state index in [9.17, 15) is 14.4 Å². The van der Waals surface area contributed by atoms with Gasteiger partial charge in [0.2, 0.25) is 5.91 Å². The maximum Gasteiger partial charge on any atom is 0.335 e. The van der Waals surface area contributed by atoms with Crippen molar-refractivity contribution in [3.05, 3.63) is 23.8 Å². The topological polar surface area (TPSA) is 95.9 Å². The lowest BCUT2D eigenvalue weighted by atomic mass is 10.1. The number of ether oxygens (including phenoxy) is 1. The zero-order chi connectivity index (χ0) is 16.4. The summed E-state index contributed by atoms with van der Waals surface area (Å²) in [5, 5.41) is 11.9. The van der Waals surface area contributed by atoms with E-state index in [1.807, 2.05) is 0 Å². The second-order valence-electron chi connectivity index (χ2n) is 5.81. The normalized spacial score (nSPS) is 17.6. The molecule has 0 unspecified atom stereocenters. The van der Waals surface area contributed by atoms with Crippen LogP contribution < -0.4 is 15.0 Å². The van der Waals surface area contributed by atoms with Crippen LogP contribution in [0.15, 0.2) is 18.2 Å². The molecule has 1 aromatic carbocycles. The Bertz CT molecular complexity index is 652. The Balaban J connectivity index is 1.75. The highest BCUT2D eigenvalue weighted by molar-refractivity contribution is 6.03. The summed E-state index contributed by atoms with van der Waals surface area (Å²) in [5.74, 6) is -1.29. The first kappa shape index (κ1) is 15.3. The molecule has 23 heavy (non-hydrogen) atoms. The summed E-state index contributed by atoms with van der Waals surface area (Å²) < 4.78 is 5.29. The van der Waals surface area contributed by atoms with E-state index in [2.05, 4.69) is 5.32 Å². The Morgan fingerprint density at radius 3 is 2.74 bits per heavy atom. The number of fused-ring (bicyclic) bond motifs is 1. The molecular weight excluding hydrogens is 300 g/mol. The van der Waals surface area contributed by atoms with E-state index >= 15 is 0 Å². The summed E-state index contributed by atoms with van der Waals surface area (Å²) in [5.41, 5.74) is 0.501. The van der Waals surface area contributed by atoms with Crippen LogP contribution in [0, 0.1) is 0 Å². The molecule has 1 heterocycles. The van der Waals surface area contributed by atoms with Gasteiger partial charge in [-0.15, -0.1) is 0 Å². The number of carbonyl (C=O) groups is 3. The first-order valence-corrected chi connectivity index (χ1v) is 7.64. The second-order valence-corrected chi connectivity index (χ2v) is 5.81. The van der Waals surface area contributed by atoms with Crippen molar-refractivity contribution in [2.24, 2.45) is 0 Å². The van der Waals surface area contributed by atoms with Crippen molar-refractivity contribution in [1.82, 2.24) is 5.32 Å². The van der Waals surface area contributed by atoms with E-state index in [1.165, 1.54) is 23.1 Å². The van der Waals surface area contributed by atoms with Gasteiger partial charge in [-0.1, -0.05) is 12.8 Å². The van der Waals surface area contributed by atoms with Gasteiger partial charge >= 0.3 is 5.97 Å². The average Bonchev–Trinajstić information content (AvgIpc) is 3.02. The number of carboxylic acid groups (broad SMARTS) is 1. The Morgan fingerprint density at radius 2 is 2.04 bits per heavy atom. The van der Waals surface area contributed by atoms with E-state index in [0.29, 0.717) is 11.4 Å². The van der Waals surface area contributed by atoms with Crippen LogP contribution in [-0.4, -0.2) is 42.1 Å². The maximum atomic E-state index is 12.2. The van der Waals surface area contributed by atoms with Crippen LogP contribution in [0.2, 0.25) is 0 Å². The highest BCUT2D eigenvalue weighted by atomic mass is 16.5. The smallest absolute Gasteiger partial charge is 0.335 e. The van der Waals surface area contributed by atoms with Gasteiger partial charge in [0.05, 0.1) is 11.3 Å². The first-order chi connectivity index (χ1) is 11.0. The van der Waals surface area contributed by atoms with Gasteiger partial charge in [-0.2, -0.15) is 0 Å². The minimum atomic E-state index is -1.07. The zero-order valence-electron chi connectivity index (χ0n) is 12.6. The molecule has 0 bridgehead atoms. The molecule has 2 amide bonds. The molecule has 0 atom stereocenters. The third-order valence-electron chi connectivity index (χ3n) is 4.17. The minimum Gasteiger partial charge on any atom is -0.482 e. The van der Waals surface area contributed by atoms with Gasteiger partial charge in [0, 0.05) is 6.04 Å². The van der Waals surface area contributed by atoms with Gasteiger partial charge < -0.3 is 15.2 Å². The largest absolute Gasteiger partial charge is 0.482 e. The van der Waals surface area contributed by atoms with Crippen molar-refractivity contribution in [3.8, 4) is 5.75 Å². The van der Waals surface area contributed by atoms with Crippen molar-refractivity contribution in [3.63, 3.8) is 0 Å². The Labute approximate surface area is 133 Å². The molecule has 1 aliphatic heterocycles. The summed E-state index contributed by atoms with van der Waals surface area (Å²) in [4.78, 5) is 36.6. The second kappa shape index (κ2) is 6.28. The highest BCUT2D eigenvalue weighted by Gasteiger charge is 2.29. The van der Waals surface area contributed by atoms with Crippen LogP contribution in [-0.2, 0) is 9.59 Å². The highest BCUT2D eigenvalue weighted by Crippen LogP contribution is 2.32. The van der Waals surface area contributed by atoms with Gasteiger partial charge in [0.15, 0.2) is 6.61 Å². The van der Waals surface area contributed by atoms with E-state index < -0.39 is 5.97 Å². The van der Waals surface area contributed by atoms with Crippen LogP contribution in [0.5, 0.6) is 5.75 Å². The number of carboxylic acids is 1. The van der Waals surface area contributed by atoms with Crippen LogP contribution in [0.3, 0.4) is 0 Å². The molecule has 2 aliphatic rings. The van der Waals surface area contributed by atoms with Crippen molar-refractivity contribution >= 4 is 23.5 Å². The number of anilines is 1. The van der Waals surface area contributed by atoms with Gasteiger partial charge in [0.1, 0.15) is 12.3 Å². The van der Waals surface area contributed by atoms with Gasteiger partial charge in [-0.25, -0.2) is 4.79 Å². The molecule has 1 saturated carbocycles. The Kier molecular flexibility index (Phi) is 4.18. The minimum absolute atomic E-state index is 0.0773. The molecule has 3 rings (SSSR count). The lowest BCUT2D eigenvalue weighted by Crippen LogP contribution is -2.46. The fraction of sp³-hybridized carbons (Fsp3) is 0.438. The number of aromatic carboxylic acids is 1. The Hall–Kier alpha value is -2.57. The number of benzene rings is 1. The van der Waals surface area contributed by atoms with E-state index in [0.717, 1.165) is 25.7 Å². The predicted molar refractivity (Wildman–Crippen MR) is 81.6 cm³/mol. The molecule has 1 aliphatic carbocycles. The molecule has 2 N–H and O–H groups in total. The molecule has 7 heteroatoms. The molecule has 0 aromatic heterocycles. The van der Waals surface area contributed by atoms with E-state index in [1.54, 1.807) is 0 Å². The molecule has 0 saturated heterocycles. The van der Waals surface area contributed by atoms with Crippen molar-refractivity contribution in [2.45, 2.75) is 31.7 Å². The number of carbonyl (C=O) groups excluding carboxylic acids is 2. The number of amides is 2. The van der Waals surface area contributed by atoms with Crippen LogP contribution in [0.1, 0.15) is 36.0 Å². The van der Waals surface area contributed by atoms with Crippen LogP contribution >= 0.6 is 0 Å². The standard InChI is InChI=1S/C16H18N2O5/c19-14(17-11-3-1-2-4-11)8-18-12-6-5-10(16(21)22)7-13(12)23-9-15(18)20/h5-7,11H,1-4,8-9H2,(H,17,19)(H,21,22). The predicted octanol–water partition coefficient (Wildman–Crippen LogP) is 1.17. The van der Waals surface area contributed by atoms with E-state index in [4.69, 9.17) is 9.84 Å². The fourth-order valence-electron chi connectivity index (χ4n) is 3.00. The number of rotatable bonds is 4. The van der Waals surface area contributed by atoms with Gasteiger partial charge in [-0.05, 0) is 31.0 Å². The zero-order valence-corrected chi connectivity index (χ0v) is 12.6. The summed E-state index contributed by atoms with van der Waals surface area (Å²) in [6, 6.07) is 4.45. The third kappa shape index (κ3) is 3.28. The molecule has 7 nitrogen and oxygen atoms in total. The lowest BCUT2D eigenvalue weighted by Gasteiger charge is -2.29. The van der Waals surface area contributed by atoms with E-state index in [-0.39, 0.29) is 36.6 Å². The van der Waals surface area contributed by atoms with Crippen molar-refractivity contribution < 1.29 is 24.2 Å². The van der Waals surface area contributed by atoms with Crippen molar-refractivity contribution in [2.75, 3.05) is 18.1 Å². The quantitative estimate of drug-likeness (QED) is 0.869. The third-order valence-corrected chi connectivity index (χ3v) is 4.17. The summed E-state index contributed by atoms with van der Waals surface area (Å²) >= 11 is 0.